The van der Waals surface area contributed by atoms with Crippen molar-refractivity contribution in [1.82, 2.24) is 9.97 Å². The molecule has 2 aromatic rings. The maximum Gasteiger partial charge on any atom is 0.192 e. The van der Waals surface area contributed by atoms with E-state index in [4.69, 9.17) is 21.1 Å². The molecule has 1 aromatic carbocycles. The Morgan fingerprint density at radius 3 is 2.71 bits per heavy atom. The average Bonchev–Trinajstić information content (AvgIpc) is 3.10. The molecule has 0 radical (unpaired) electrons. The van der Waals surface area contributed by atoms with E-state index >= 15 is 0 Å². The Kier molecular flexibility index (Phi) is 7.27. The second-order valence-electron chi connectivity index (χ2n) is 7.35. The molecule has 28 heavy (non-hydrogen) atoms. The van der Waals surface area contributed by atoms with Gasteiger partial charge in [-0.3, -0.25) is 0 Å². The van der Waals surface area contributed by atoms with Gasteiger partial charge in [-0.05, 0) is 31.7 Å². The number of nitrogens with zero attached hydrogens (tertiary/aromatic N) is 2. The summed E-state index contributed by atoms with van der Waals surface area (Å²) < 4.78 is 12.2. The Balaban J connectivity index is 1.54. The highest BCUT2D eigenvalue weighted by molar-refractivity contribution is 6.33. The van der Waals surface area contributed by atoms with Gasteiger partial charge in [0.05, 0.1) is 18.4 Å². The minimum Gasteiger partial charge on any atom is -0.368 e. The van der Waals surface area contributed by atoms with E-state index < -0.39 is 5.79 Å². The highest BCUT2D eigenvalue weighted by atomic mass is 35.5. The van der Waals surface area contributed by atoms with Crippen LogP contribution in [0.3, 0.4) is 0 Å². The van der Waals surface area contributed by atoms with E-state index in [9.17, 15) is 0 Å². The fraction of sp³-hybridized carbons (Fsp3) is 0.545. The first-order valence-electron chi connectivity index (χ1n) is 10.2. The molecule has 1 aliphatic heterocycles. The van der Waals surface area contributed by atoms with Crippen molar-refractivity contribution in [2.24, 2.45) is 0 Å². The number of hydrogen-bond acceptors (Lipinski definition) is 5. The van der Waals surface area contributed by atoms with Crippen molar-refractivity contribution < 1.29 is 9.47 Å². The normalized spacial score (nSPS) is 21.8. The molecule has 2 atom stereocenters. The van der Waals surface area contributed by atoms with Gasteiger partial charge in [0.2, 0.25) is 0 Å². The smallest absolute Gasteiger partial charge is 0.192 e. The molecule has 0 bridgehead atoms. The lowest BCUT2D eigenvalue weighted by atomic mass is 10.0. The molecule has 1 fully saturated rings. The topological polar surface area (TPSA) is 56.3 Å². The van der Waals surface area contributed by atoms with Crippen LogP contribution >= 0.6 is 11.6 Å². The zero-order valence-electron chi connectivity index (χ0n) is 17.0. The molecule has 0 saturated carbocycles. The van der Waals surface area contributed by atoms with Crippen LogP contribution in [0.2, 0.25) is 5.02 Å². The van der Waals surface area contributed by atoms with Crippen LogP contribution in [-0.4, -0.2) is 29.2 Å². The molecule has 152 valence electrons. The molecular formula is C22H30ClN3O2. The molecule has 0 amide bonds. The third-order valence-corrected chi connectivity index (χ3v) is 5.59. The molecule has 1 saturated heterocycles. The molecule has 3 rings (SSSR count). The largest absolute Gasteiger partial charge is 0.368 e. The van der Waals surface area contributed by atoms with Crippen molar-refractivity contribution in [3.05, 3.63) is 52.4 Å². The van der Waals surface area contributed by atoms with Crippen LogP contribution in [0.25, 0.3) is 0 Å². The number of anilines is 1. The summed E-state index contributed by atoms with van der Waals surface area (Å²) in [5.74, 6) is 0.0590. The third kappa shape index (κ3) is 5.02. The Hall–Kier alpha value is -1.69. The molecule has 0 spiro atoms. The van der Waals surface area contributed by atoms with Gasteiger partial charge in [0, 0.05) is 12.1 Å². The third-order valence-electron chi connectivity index (χ3n) is 5.20. The first kappa shape index (κ1) is 21.0. The van der Waals surface area contributed by atoms with Crippen molar-refractivity contribution in [2.45, 2.75) is 64.8 Å². The summed E-state index contributed by atoms with van der Waals surface area (Å²) in [7, 11) is 0. The first-order valence-corrected chi connectivity index (χ1v) is 10.6. The number of nitrogens with one attached hydrogen (secondary N) is 1. The summed E-state index contributed by atoms with van der Waals surface area (Å²) in [5, 5.41) is 3.92. The molecular weight excluding hydrogens is 374 g/mol. The Morgan fingerprint density at radius 2 is 2.00 bits per heavy atom. The minimum atomic E-state index is -0.639. The fourth-order valence-electron chi connectivity index (χ4n) is 3.44. The van der Waals surface area contributed by atoms with Crippen LogP contribution in [0.1, 0.15) is 56.9 Å². The van der Waals surface area contributed by atoms with Gasteiger partial charge in [-0.15, -0.1) is 0 Å². The van der Waals surface area contributed by atoms with Gasteiger partial charge in [-0.1, -0.05) is 62.6 Å². The summed E-state index contributed by atoms with van der Waals surface area (Å²) in [6.07, 6.45) is 6.82. The highest BCUT2D eigenvalue weighted by Crippen LogP contribution is 2.35. The second kappa shape index (κ2) is 9.68. The molecule has 2 heterocycles. The number of aromatic nitrogens is 2. The summed E-state index contributed by atoms with van der Waals surface area (Å²) in [6, 6.07) is 8.47. The van der Waals surface area contributed by atoms with E-state index in [1.165, 1.54) is 18.4 Å². The average molecular weight is 404 g/mol. The Bertz CT molecular complexity index is 769. The van der Waals surface area contributed by atoms with Crippen LogP contribution in [0.4, 0.5) is 5.82 Å². The predicted molar refractivity (Wildman–Crippen MR) is 113 cm³/mol. The maximum atomic E-state index is 6.33. The molecule has 1 N–H and O–H groups in total. The van der Waals surface area contributed by atoms with Gasteiger partial charge < -0.3 is 14.8 Å². The number of rotatable bonds is 9. The van der Waals surface area contributed by atoms with E-state index in [1.54, 1.807) is 6.33 Å². The number of unbranched alkanes of at least 4 members (excludes halogenated alkanes) is 1. The zero-order chi connectivity index (χ0) is 20.0. The van der Waals surface area contributed by atoms with E-state index in [0.29, 0.717) is 17.4 Å². The van der Waals surface area contributed by atoms with E-state index in [1.807, 2.05) is 13.8 Å². The molecule has 0 aliphatic carbocycles. The summed E-state index contributed by atoms with van der Waals surface area (Å²) in [6.45, 7) is 7.66. The van der Waals surface area contributed by atoms with Gasteiger partial charge in [0.25, 0.3) is 0 Å². The number of benzene rings is 1. The second-order valence-corrected chi connectivity index (χ2v) is 7.73. The fourth-order valence-corrected chi connectivity index (χ4v) is 3.74. The van der Waals surface area contributed by atoms with Crippen LogP contribution in [0.5, 0.6) is 0 Å². The van der Waals surface area contributed by atoms with Gasteiger partial charge in [-0.25, -0.2) is 9.97 Å². The number of ether oxygens (including phenoxy) is 2. The van der Waals surface area contributed by atoms with Crippen LogP contribution in [0, 0.1) is 0 Å². The zero-order valence-corrected chi connectivity index (χ0v) is 17.8. The quantitative estimate of drug-likeness (QED) is 0.629. The van der Waals surface area contributed by atoms with E-state index in [-0.39, 0.29) is 6.10 Å². The molecule has 5 nitrogen and oxygen atoms in total. The van der Waals surface area contributed by atoms with Gasteiger partial charge >= 0.3 is 0 Å². The van der Waals surface area contributed by atoms with Crippen LogP contribution in [-0.2, 0) is 28.1 Å². The maximum absolute atomic E-state index is 6.33. The standard InChI is InChI=1S/C22H30ClN3O2/c1-4-6-7-18-14-27-22(3,28-18)17-10-8-16(9-11-17)12-13-24-21-20(23)19(5-2)25-15-26-21/h8-11,15,18H,4-7,12-14H2,1-3H3,(H,24,25,26). The lowest BCUT2D eigenvalue weighted by Crippen LogP contribution is -2.23. The molecule has 2 unspecified atom stereocenters. The van der Waals surface area contributed by atoms with Crippen LogP contribution in [0.15, 0.2) is 30.6 Å². The lowest BCUT2D eigenvalue weighted by Gasteiger charge is -2.24. The monoisotopic (exact) mass is 403 g/mol. The van der Waals surface area contributed by atoms with Crippen molar-refractivity contribution in [3.63, 3.8) is 0 Å². The van der Waals surface area contributed by atoms with Crippen LogP contribution < -0.4 is 5.32 Å². The van der Waals surface area contributed by atoms with E-state index in [2.05, 4.69) is 46.5 Å². The molecule has 1 aliphatic rings. The van der Waals surface area contributed by atoms with Gasteiger partial charge in [0.1, 0.15) is 17.2 Å². The number of aryl methyl sites for hydroxylation is 1. The van der Waals surface area contributed by atoms with Gasteiger partial charge in [-0.2, -0.15) is 0 Å². The van der Waals surface area contributed by atoms with Crippen molar-refractivity contribution in [1.29, 1.82) is 0 Å². The predicted octanol–water partition coefficient (Wildman–Crippen LogP) is 5.13. The number of hydrogen-bond donors (Lipinski definition) is 1. The Morgan fingerprint density at radius 1 is 1.21 bits per heavy atom. The van der Waals surface area contributed by atoms with E-state index in [0.717, 1.165) is 37.1 Å². The summed E-state index contributed by atoms with van der Waals surface area (Å²) in [4.78, 5) is 8.43. The SMILES string of the molecule is CCCCC1COC(C)(c2ccc(CCNc3ncnc(CC)c3Cl)cc2)O1. The first-order chi connectivity index (χ1) is 13.6. The Labute approximate surface area is 172 Å². The summed E-state index contributed by atoms with van der Waals surface area (Å²) >= 11 is 6.33. The minimum absolute atomic E-state index is 0.194. The van der Waals surface area contributed by atoms with Crippen molar-refractivity contribution in [2.75, 3.05) is 18.5 Å². The molecule has 6 heteroatoms. The van der Waals surface area contributed by atoms with Crippen molar-refractivity contribution in [3.8, 4) is 0 Å². The number of halogens is 1. The van der Waals surface area contributed by atoms with Crippen molar-refractivity contribution >= 4 is 17.4 Å². The molecule has 1 aromatic heterocycles. The highest BCUT2D eigenvalue weighted by Gasteiger charge is 2.38. The lowest BCUT2D eigenvalue weighted by molar-refractivity contribution is -0.162. The summed E-state index contributed by atoms with van der Waals surface area (Å²) in [5.41, 5.74) is 3.17. The van der Waals surface area contributed by atoms with Gasteiger partial charge in [0.15, 0.2) is 5.79 Å².